The van der Waals surface area contributed by atoms with Gasteiger partial charge in [0.05, 0.1) is 18.3 Å². The fourth-order valence-corrected chi connectivity index (χ4v) is 2.08. The topological polar surface area (TPSA) is 72.5 Å². The predicted octanol–water partition coefficient (Wildman–Crippen LogP) is -0.744. The summed E-state index contributed by atoms with van der Waals surface area (Å²) in [5, 5.41) is 6.40. The number of nitrogens with one attached hydrogen (secondary N) is 1. The van der Waals surface area contributed by atoms with Crippen LogP contribution in [-0.2, 0) is 4.79 Å². The van der Waals surface area contributed by atoms with Crippen LogP contribution in [-0.4, -0.2) is 83.5 Å². The molecule has 0 unspecified atom stereocenters. The Morgan fingerprint density at radius 2 is 1.89 bits per heavy atom. The molecule has 19 heavy (non-hydrogen) atoms. The summed E-state index contributed by atoms with van der Waals surface area (Å²) in [7, 11) is 3.74. The number of hydrogen-bond donors (Lipinski definition) is 1. The molecular formula is C12H19N5O2. The summed E-state index contributed by atoms with van der Waals surface area (Å²) in [5.41, 5.74) is 0.563. The van der Waals surface area contributed by atoms with E-state index in [4.69, 9.17) is 0 Å². The standard InChI is InChI=1S/C12H19N5O2/c1-15(2)9-11(18)16-3-5-17(6-4-16)12(19)10-7-13-14-8-10/h7-8H,3-6,9H2,1-2H3,(H,13,14). The molecule has 7 heteroatoms. The number of aromatic amines is 1. The second-order valence-corrected chi connectivity index (χ2v) is 4.90. The smallest absolute Gasteiger partial charge is 0.257 e. The lowest BCUT2D eigenvalue weighted by molar-refractivity contribution is -0.133. The molecule has 1 fully saturated rings. The Balaban J connectivity index is 1.86. The van der Waals surface area contributed by atoms with E-state index in [9.17, 15) is 9.59 Å². The Morgan fingerprint density at radius 3 is 2.42 bits per heavy atom. The van der Waals surface area contributed by atoms with Gasteiger partial charge in [0.25, 0.3) is 5.91 Å². The zero-order chi connectivity index (χ0) is 13.8. The first kappa shape index (κ1) is 13.5. The van der Waals surface area contributed by atoms with Gasteiger partial charge in [-0.3, -0.25) is 14.7 Å². The average Bonchev–Trinajstić information content (AvgIpc) is 2.91. The Kier molecular flexibility index (Phi) is 4.16. The van der Waals surface area contributed by atoms with Gasteiger partial charge in [0, 0.05) is 32.4 Å². The summed E-state index contributed by atoms with van der Waals surface area (Å²) in [6.45, 7) is 2.74. The zero-order valence-electron chi connectivity index (χ0n) is 11.3. The van der Waals surface area contributed by atoms with E-state index in [-0.39, 0.29) is 11.8 Å². The number of piperazine rings is 1. The van der Waals surface area contributed by atoms with Gasteiger partial charge in [0.2, 0.25) is 5.91 Å². The Bertz CT molecular complexity index is 435. The number of hydrogen-bond acceptors (Lipinski definition) is 4. The maximum atomic E-state index is 12.1. The van der Waals surface area contributed by atoms with Gasteiger partial charge in [-0.1, -0.05) is 0 Å². The fraction of sp³-hybridized carbons (Fsp3) is 0.583. The van der Waals surface area contributed by atoms with Crippen LogP contribution in [0.15, 0.2) is 12.4 Å². The molecule has 0 bridgehead atoms. The van der Waals surface area contributed by atoms with Gasteiger partial charge in [0.1, 0.15) is 0 Å². The van der Waals surface area contributed by atoms with Crippen molar-refractivity contribution in [2.45, 2.75) is 0 Å². The number of H-pyrrole nitrogens is 1. The molecule has 1 aliphatic heterocycles. The van der Waals surface area contributed by atoms with Gasteiger partial charge in [-0.15, -0.1) is 0 Å². The first-order chi connectivity index (χ1) is 9.08. The molecule has 2 rings (SSSR count). The van der Waals surface area contributed by atoms with Crippen LogP contribution in [0.1, 0.15) is 10.4 Å². The van der Waals surface area contributed by atoms with Gasteiger partial charge in [-0.05, 0) is 14.1 Å². The van der Waals surface area contributed by atoms with Crippen LogP contribution in [0.4, 0.5) is 0 Å². The lowest BCUT2D eigenvalue weighted by Crippen LogP contribution is -2.52. The highest BCUT2D eigenvalue weighted by Crippen LogP contribution is 2.07. The summed E-state index contributed by atoms with van der Waals surface area (Å²) < 4.78 is 0. The molecule has 7 nitrogen and oxygen atoms in total. The lowest BCUT2D eigenvalue weighted by atomic mass is 10.2. The number of aromatic nitrogens is 2. The summed E-state index contributed by atoms with van der Waals surface area (Å²) in [5.74, 6) is 0.0777. The monoisotopic (exact) mass is 265 g/mol. The molecule has 104 valence electrons. The molecule has 1 aromatic rings. The Morgan fingerprint density at radius 1 is 1.26 bits per heavy atom. The number of rotatable bonds is 3. The minimum Gasteiger partial charge on any atom is -0.338 e. The third kappa shape index (κ3) is 3.31. The van der Waals surface area contributed by atoms with E-state index in [0.29, 0.717) is 38.3 Å². The van der Waals surface area contributed by atoms with E-state index < -0.39 is 0 Å². The third-order valence-electron chi connectivity index (χ3n) is 3.12. The van der Waals surface area contributed by atoms with Crippen LogP contribution in [0.5, 0.6) is 0 Å². The number of nitrogens with zero attached hydrogens (tertiary/aromatic N) is 4. The van der Waals surface area contributed by atoms with Crippen LogP contribution >= 0.6 is 0 Å². The van der Waals surface area contributed by atoms with Crippen molar-refractivity contribution in [3.8, 4) is 0 Å². The molecule has 2 amide bonds. The van der Waals surface area contributed by atoms with Crippen molar-refractivity contribution < 1.29 is 9.59 Å². The molecule has 0 radical (unpaired) electrons. The van der Waals surface area contributed by atoms with Crippen molar-refractivity contribution >= 4 is 11.8 Å². The van der Waals surface area contributed by atoms with Crippen molar-refractivity contribution in [2.24, 2.45) is 0 Å². The molecule has 1 saturated heterocycles. The van der Waals surface area contributed by atoms with Gasteiger partial charge in [-0.25, -0.2) is 0 Å². The molecule has 0 spiro atoms. The molecular weight excluding hydrogens is 246 g/mol. The van der Waals surface area contributed by atoms with Crippen molar-refractivity contribution in [3.63, 3.8) is 0 Å². The minimum absolute atomic E-state index is 0.0338. The van der Waals surface area contributed by atoms with E-state index in [0.717, 1.165) is 0 Å². The predicted molar refractivity (Wildman–Crippen MR) is 69.6 cm³/mol. The van der Waals surface area contributed by atoms with Crippen LogP contribution in [0, 0.1) is 0 Å². The molecule has 2 heterocycles. The summed E-state index contributed by atoms with van der Waals surface area (Å²) >= 11 is 0. The van der Waals surface area contributed by atoms with E-state index >= 15 is 0 Å². The molecule has 1 aromatic heterocycles. The highest BCUT2D eigenvalue weighted by atomic mass is 16.2. The quantitative estimate of drug-likeness (QED) is 0.781. The maximum Gasteiger partial charge on any atom is 0.257 e. The SMILES string of the molecule is CN(C)CC(=O)N1CCN(C(=O)c2cn[nH]c2)CC1. The van der Waals surface area contributed by atoms with Crippen LogP contribution in [0.2, 0.25) is 0 Å². The van der Waals surface area contributed by atoms with Crippen LogP contribution in [0.25, 0.3) is 0 Å². The van der Waals surface area contributed by atoms with E-state index in [1.54, 1.807) is 16.0 Å². The minimum atomic E-state index is -0.0338. The third-order valence-corrected chi connectivity index (χ3v) is 3.12. The molecule has 0 aliphatic carbocycles. The van der Waals surface area contributed by atoms with E-state index in [1.165, 1.54) is 6.20 Å². The van der Waals surface area contributed by atoms with Gasteiger partial charge < -0.3 is 14.7 Å². The molecule has 0 atom stereocenters. The van der Waals surface area contributed by atoms with Gasteiger partial charge >= 0.3 is 0 Å². The van der Waals surface area contributed by atoms with Gasteiger partial charge in [-0.2, -0.15) is 5.10 Å². The van der Waals surface area contributed by atoms with Crippen molar-refractivity contribution in [1.82, 2.24) is 24.9 Å². The Hall–Kier alpha value is -1.89. The number of carbonyl (C=O) groups is 2. The summed E-state index contributed by atoms with van der Waals surface area (Å²) in [6, 6.07) is 0. The lowest BCUT2D eigenvalue weighted by Gasteiger charge is -2.35. The van der Waals surface area contributed by atoms with Crippen molar-refractivity contribution in [3.05, 3.63) is 18.0 Å². The molecule has 1 N–H and O–H groups in total. The number of likely N-dealkylation sites (N-methyl/N-ethyl adjacent to an activating group) is 1. The Labute approximate surface area is 112 Å². The molecule has 0 saturated carbocycles. The second-order valence-electron chi connectivity index (χ2n) is 4.90. The largest absolute Gasteiger partial charge is 0.338 e. The first-order valence-corrected chi connectivity index (χ1v) is 6.28. The molecule has 0 aromatic carbocycles. The first-order valence-electron chi connectivity index (χ1n) is 6.28. The van der Waals surface area contributed by atoms with Gasteiger partial charge in [0.15, 0.2) is 0 Å². The van der Waals surface area contributed by atoms with Crippen molar-refractivity contribution in [1.29, 1.82) is 0 Å². The number of amides is 2. The highest BCUT2D eigenvalue weighted by molar-refractivity contribution is 5.93. The second kappa shape index (κ2) is 5.83. The van der Waals surface area contributed by atoms with Crippen molar-refractivity contribution in [2.75, 3.05) is 46.8 Å². The number of carbonyl (C=O) groups excluding carboxylic acids is 2. The highest BCUT2D eigenvalue weighted by Gasteiger charge is 2.25. The van der Waals surface area contributed by atoms with E-state index in [1.807, 2.05) is 19.0 Å². The van der Waals surface area contributed by atoms with Crippen LogP contribution < -0.4 is 0 Å². The molecule has 1 aliphatic rings. The fourth-order valence-electron chi connectivity index (χ4n) is 2.08. The zero-order valence-corrected chi connectivity index (χ0v) is 11.3. The normalized spacial score (nSPS) is 15.9. The summed E-state index contributed by atoms with van der Waals surface area (Å²) in [4.78, 5) is 29.4. The van der Waals surface area contributed by atoms with Crippen LogP contribution in [0.3, 0.4) is 0 Å². The van der Waals surface area contributed by atoms with E-state index in [2.05, 4.69) is 10.2 Å². The maximum absolute atomic E-state index is 12.1. The summed E-state index contributed by atoms with van der Waals surface area (Å²) in [6.07, 6.45) is 3.11. The average molecular weight is 265 g/mol.